The molecule has 0 saturated carbocycles. The summed E-state index contributed by atoms with van der Waals surface area (Å²) >= 11 is 1.71. The SMILES string of the molecule is c1cc(C2CCNc3nnnn32)cs1. The molecule has 0 spiro atoms. The van der Waals surface area contributed by atoms with Gasteiger partial charge in [-0.2, -0.15) is 11.3 Å². The standard InChI is InChI=1S/C8H9N5S/c1-3-9-8-10-11-12-13(8)7(1)6-2-4-14-5-6/h2,4-5,7H,1,3H2,(H,9,10,12). The van der Waals surface area contributed by atoms with Crippen molar-refractivity contribution in [2.24, 2.45) is 0 Å². The number of nitrogens with one attached hydrogen (secondary N) is 1. The molecule has 1 atom stereocenters. The van der Waals surface area contributed by atoms with Gasteiger partial charge in [0.2, 0.25) is 5.95 Å². The van der Waals surface area contributed by atoms with Crippen LogP contribution in [0.2, 0.25) is 0 Å². The summed E-state index contributed by atoms with van der Waals surface area (Å²) in [5.41, 5.74) is 1.30. The molecule has 1 aliphatic heterocycles. The van der Waals surface area contributed by atoms with Gasteiger partial charge < -0.3 is 5.32 Å². The highest BCUT2D eigenvalue weighted by atomic mass is 32.1. The summed E-state index contributed by atoms with van der Waals surface area (Å²) in [6, 6.07) is 2.43. The van der Waals surface area contributed by atoms with E-state index in [2.05, 4.69) is 37.7 Å². The molecular weight excluding hydrogens is 198 g/mol. The molecule has 6 heteroatoms. The van der Waals surface area contributed by atoms with Crippen molar-refractivity contribution in [2.75, 3.05) is 11.9 Å². The van der Waals surface area contributed by atoms with Crippen LogP contribution in [-0.4, -0.2) is 26.8 Å². The minimum Gasteiger partial charge on any atom is -0.353 e. The second-order valence-corrected chi connectivity index (χ2v) is 4.02. The molecule has 3 rings (SSSR count). The van der Waals surface area contributed by atoms with Gasteiger partial charge in [0.1, 0.15) is 0 Å². The summed E-state index contributed by atoms with van der Waals surface area (Å²) in [6.07, 6.45) is 1.04. The summed E-state index contributed by atoms with van der Waals surface area (Å²) in [4.78, 5) is 0. The Morgan fingerprint density at radius 1 is 1.57 bits per heavy atom. The van der Waals surface area contributed by atoms with Gasteiger partial charge in [-0.05, 0) is 39.2 Å². The first kappa shape index (κ1) is 7.93. The van der Waals surface area contributed by atoms with E-state index in [4.69, 9.17) is 0 Å². The number of anilines is 1. The molecule has 0 fully saturated rings. The van der Waals surface area contributed by atoms with Gasteiger partial charge in [-0.3, -0.25) is 0 Å². The highest BCUT2D eigenvalue weighted by molar-refractivity contribution is 7.07. The number of fused-ring (bicyclic) bond motifs is 1. The second-order valence-electron chi connectivity index (χ2n) is 3.23. The quantitative estimate of drug-likeness (QED) is 0.762. The average molecular weight is 207 g/mol. The van der Waals surface area contributed by atoms with Crippen LogP contribution >= 0.6 is 11.3 Å². The number of hydrogen-bond acceptors (Lipinski definition) is 5. The van der Waals surface area contributed by atoms with Crippen LogP contribution in [0.3, 0.4) is 0 Å². The van der Waals surface area contributed by atoms with Crippen LogP contribution < -0.4 is 5.32 Å². The maximum Gasteiger partial charge on any atom is 0.243 e. The number of aromatic nitrogens is 4. The van der Waals surface area contributed by atoms with Crippen molar-refractivity contribution >= 4 is 17.3 Å². The van der Waals surface area contributed by atoms with Crippen LogP contribution in [0.4, 0.5) is 5.95 Å². The molecule has 1 unspecified atom stereocenters. The zero-order valence-corrected chi connectivity index (χ0v) is 8.24. The Morgan fingerprint density at radius 2 is 2.57 bits per heavy atom. The Labute approximate surface area is 84.8 Å². The van der Waals surface area contributed by atoms with Crippen molar-refractivity contribution in [3.8, 4) is 0 Å². The smallest absolute Gasteiger partial charge is 0.243 e. The summed E-state index contributed by atoms with van der Waals surface area (Å²) in [6.45, 7) is 0.931. The lowest BCUT2D eigenvalue weighted by atomic mass is 10.1. The minimum atomic E-state index is 0.299. The largest absolute Gasteiger partial charge is 0.353 e. The highest BCUT2D eigenvalue weighted by Gasteiger charge is 2.23. The van der Waals surface area contributed by atoms with Crippen LogP contribution in [0.25, 0.3) is 0 Å². The number of nitrogens with zero attached hydrogens (tertiary/aromatic N) is 4. The zero-order valence-electron chi connectivity index (χ0n) is 7.42. The lowest BCUT2D eigenvalue weighted by Crippen LogP contribution is -2.24. The summed E-state index contributed by atoms with van der Waals surface area (Å²) in [7, 11) is 0. The first-order chi connectivity index (χ1) is 6.95. The van der Waals surface area contributed by atoms with E-state index < -0.39 is 0 Å². The molecule has 14 heavy (non-hydrogen) atoms. The molecule has 1 aliphatic rings. The Bertz CT molecular complexity index is 421. The van der Waals surface area contributed by atoms with E-state index in [0.29, 0.717) is 6.04 Å². The van der Waals surface area contributed by atoms with Crippen LogP contribution in [0.1, 0.15) is 18.0 Å². The maximum absolute atomic E-state index is 3.99. The molecule has 72 valence electrons. The fourth-order valence-corrected chi connectivity index (χ4v) is 2.44. The van der Waals surface area contributed by atoms with Gasteiger partial charge in [-0.1, -0.05) is 5.10 Å². The molecule has 2 aromatic heterocycles. The molecule has 0 bridgehead atoms. The Kier molecular flexibility index (Phi) is 1.73. The van der Waals surface area contributed by atoms with Crippen molar-refractivity contribution in [2.45, 2.75) is 12.5 Å². The van der Waals surface area contributed by atoms with Crippen LogP contribution in [0, 0.1) is 0 Å². The number of tetrazole rings is 1. The van der Waals surface area contributed by atoms with E-state index in [-0.39, 0.29) is 0 Å². The first-order valence-electron chi connectivity index (χ1n) is 4.49. The molecule has 0 saturated heterocycles. The van der Waals surface area contributed by atoms with E-state index in [1.165, 1.54) is 5.56 Å². The monoisotopic (exact) mass is 207 g/mol. The van der Waals surface area contributed by atoms with E-state index in [1.54, 1.807) is 11.3 Å². The molecular formula is C8H9N5S. The lowest BCUT2D eigenvalue weighted by molar-refractivity contribution is 0.470. The maximum atomic E-state index is 3.99. The minimum absolute atomic E-state index is 0.299. The third-order valence-electron chi connectivity index (χ3n) is 2.42. The van der Waals surface area contributed by atoms with Crippen molar-refractivity contribution in [1.29, 1.82) is 0 Å². The van der Waals surface area contributed by atoms with Gasteiger partial charge in [-0.25, -0.2) is 4.68 Å². The topological polar surface area (TPSA) is 55.6 Å². The van der Waals surface area contributed by atoms with Crippen molar-refractivity contribution < 1.29 is 0 Å². The lowest BCUT2D eigenvalue weighted by Gasteiger charge is -2.22. The second kappa shape index (κ2) is 3.06. The van der Waals surface area contributed by atoms with Crippen molar-refractivity contribution in [1.82, 2.24) is 20.2 Å². The van der Waals surface area contributed by atoms with Gasteiger partial charge in [0, 0.05) is 6.54 Å². The van der Waals surface area contributed by atoms with Gasteiger partial charge in [0.25, 0.3) is 0 Å². The average Bonchev–Trinajstić information content (AvgIpc) is 2.88. The Hall–Kier alpha value is -1.43. The summed E-state index contributed by atoms with van der Waals surface area (Å²) in [5, 5.41) is 19.0. The Balaban J connectivity index is 2.04. The number of hydrogen-bond donors (Lipinski definition) is 1. The van der Waals surface area contributed by atoms with Crippen LogP contribution in [0.15, 0.2) is 16.8 Å². The van der Waals surface area contributed by atoms with Gasteiger partial charge in [0.05, 0.1) is 6.04 Å². The third kappa shape index (κ3) is 1.11. The normalized spacial score (nSPS) is 20.1. The van der Waals surface area contributed by atoms with E-state index in [0.717, 1.165) is 18.9 Å². The van der Waals surface area contributed by atoms with Crippen molar-refractivity contribution in [3.05, 3.63) is 22.4 Å². The van der Waals surface area contributed by atoms with Crippen LogP contribution in [-0.2, 0) is 0 Å². The van der Waals surface area contributed by atoms with E-state index >= 15 is 0 Å². The van der Waals surface area contributed by atoms with Gasteiger partial charge in [0.15, 0.2) is 0 Å². The molecule has 2 aromatic rings. The molecule has 3 heterocycles. The molecule has 1 N–H and O–H groups in total. The predicted molar refractivity (Wildman–Crippen MR) is 53.4 cm³/mol. The molecule has 0 radical (unpaired) electrons. The van der Waals surface area contributed by atoms with Crippen LogP contribution in [0.5, 0.6) is 0 Å². The molecule has 5 nitrogen and oxygen atoms in total. The summed E-state index contributed by atoms with van der Waals surface area (Å²) in [5.74, 6) is 0.771. The number of thiophene rings is 1. The van der Waals surface area contributed by atoms with E-state index in [9.17, 15) is 0 Å². The molecule has 0 aromatic carbocycles. The summed E-state index contributed by atoms with van der Waals surface area (Å²) < 4.78 is 1.85. The van der Waals surface area contributed by atoms with Crippen molar-refractivity contribution in [3.63, 3.8) is 0 Å². The highest BCUT2D eigenvalue weighted by Crippen LogP contribution is 2.28. The Morgan fingerprint density at radius 3 is 3.43 bits per heavy atom. The third-order valence-corrected chi connectivity index (χ3v) is 3.12. The fourth-order valence-electron chi connectivity index (χ4n) is 1.74. The van der Waals surface area contributed by atoms with Gasteiger partial charge >= 0.3 is 0 Å². The molecule has 0 aliphatic carbocycles. The van der Waals surface area contributed by atoms with Gasteiger partial charge in [-0.15, -0.1) is 0 Å². The first-order valence-corrected chi connectivity index (χ1v) is 5.43. The zero-order chi connectivity index (χ0) is 9.38. The number of rotatable bonds is 1. The fraction of sp³-hybridized carbons (Fsp3) is 0.375. The van der Waals surface area contributed by atoms with E-state index in [1.807, 2.05) is 4.68 Å². The predicted octanol–water partition coefficient (Wildman–Crippen LogP) is 1.14. The molecule has 0 amide bonds.